The molecule has 1 atom stereocenters. The van der Waals surface area contributed by atoms with Crippen LogP contribution in [0, 0.1) is 0 Å². The molecule has 4 rings (SSSR count). The molecular formula is C15H16N6O2S2. The van der Waals surface area contributed by atoms with E-state index >= 15 is 0 Å². The lowest BCUT2D eigenvalue weighted by Crippen LogP contribution is -2.50. The summed E-state index contributed by atoms with van der Waals surface area (Å²) in [5.41, 5.74) is 5.77. The van der Waals surface area contributed by atoms with Gasteiger partial charge in [-0.25, -0.2) is 27.4 Å². The molecule has 1 aliphatic rings. The second-order valence-electron chi connectivity index (χ2n) is 6.07. The van der Waals surface area contributed by atoms with Gasteiger partial charge in [-0.05, 0) is 25.1 Å². The topological polar surface area (TPSA) is 106 Å². The fraction of sp³-hybridized carbons (Fsp3) is 0.267. The van der Waals surface area contributed by atoms with Crippen LogP contribution in [0.4, 0.5) is 0 Å². The smallest absolute Gasteiger partial charge is 0.239 e. The van der Waals surface area contributed by atoms with Gasteiger partial charge in [0.05, 0.1) is 22.2 Å². The maximum atomic E-state index is 12.4. The molecule has 10 heteroatoms. The SMILES string of the molecule is CN1C(N)=N[C@](C)(c2cc3c(cnn3-c3ccccn3)s2)CS1(=O)=O. The number of nitrogens with two attached hydrogens (primary N) is 1. The van der Waals surface area contributed by atoms with Crippen molar-refractivity contribution in [3.05, 3.63) is 41.5 Å². The van der Waals surface area contributed by atoms with E-state index in [0.29, 0.717) is 5.82 Å². The van der Waals surface area contributed by atoms with E-state index in [2.05, 4.69) is 15.1 Å². The van der Waals surface area contributed by atoms with E-state index in [1.54, 1.807) is 24.0 Å². The third-order valence-electron chi connectivity index (χ3n) is 4.22. The normalized spacial score (nSPS) is 23.0. The number of rotatable bonds is 2. The summed E-state index contributed by atoms with van der Waals surface area (Å²) in [5, 5.41) is 4.37. The zero-order valence-electron chi connectivity index (χ0n) is 13.6. The number of guanidine groups is 1. The third-order valence-corrected chi connectivity index (χ3v) is 7.48. The Hall–Kier alpha value is -2.46. The molecule has 0 saturated heterocycles. The Morgan fingerprint density at radius 3 is 2.84 bits per heavy atom. The van der Waals surface area contributed by atoms with Gasteiger partial charge >= 0.3 is 0 Å². The van der Waals surface area contributed by atoms with Crippen molar-refractivity contribution < 1.29 is 8.42 Å². The van der Waals surface area contributed by atoms with E-state index in [4.69, 9.17) is 5.73 Å². The summed E-state index contributed by atoms with van der Waals surface area (Å²) in [6.07, 6.45) is 3.45. The van der Waals surface area contributed by atoms with Crippen LogP contribution in [0.1, 0.15) is 11.8 Å². The average molecular weight is 376 g/mol. The number of aliphatic imine (C=N–C) groups is 1. The Morgan fingerprint density at radius 1 is 1.36 bits per heavy atom. The first kappa shape index (κ1) is 16.0. The molecule has 4 heterocycles. The molecule has 0 bridgehead atoms. The van der Waals surface area contributed by atoms with Crippen LogP contribution in [0.3, 0.4) is 0 Å². The fourth-order valence-electron chi connectivity index (χ4n) is 2.83. The minimum absolute atomic E-state index is 0.00226. The minimum atomic E-state index is -3.50. The number of sulfonamides is 1. The Bertz CT molecular complexity index is 1090. The van der Waals surface area contributed by atoms with Crippen molar-refractivity contribution in [2.24, 2.45) is 10.7 Å². The van der Waals surface area contributed by atoms with Crippen molar-refractivity contribution in [1.82, 2.24) is 19.1 Å². The first-order valence-corrected chi connectivity index (χ1v) is 9.94. The van der Waals surface area contributed by atoms with Crippen molar-refractivity contribution in [3.63, 3.8) is 0 Å². The first-order valence-electron chi connectivity index (χ1n) is 7.52. The average Bonchev–Trinajstić information content (AvgIpc) is 3.14. The van der Waals surface area contributed by atoms with Crippen LogP contribution in [0.25, 0.3) is 16.0 Å². The minimum Gasteiger partial charge on any atom is -0.369 e. The second kappa shape index (κ2) is 5.27. The summed E-state index contributed by atoms with van der Waals surface area (Å²) in [7, 11) is -2.09. The van der Waals surface area contributed by atoms with Crippen LogP contribution in [-0.4, -0.2) is 46.2 Å². The first-order chi connectivity index (χ1) is 11.8. The van der Waals surface area contributed by atoms with Gasteiger partial charge in [0.25, 0.3) is 0 Å². The van der Waals surface area contributed by atoms with Crippen molar-refractivity contribution >= 4 is 37.5 Å². The van der Waals surface area contributed by atoms with Gasteiger partial charge in [-0.15, -0.1) is 11.3 Å². The van der Waals surface area contributed by atoms with E-state index < -0.39 is 15.6 Å². The highest BCUT2D eigenvalue weighted by Crippen LogP contribution is 2.39. The van der Waals surface area contributed by atoms with Gasteiger partial charge in [0, 0.05) is 18.1 Å². The molecule has 2 N–H and O–H groups in total. The quantitative estimate of drug-likeness (QED) is 0.725. The molecule has 0 aromatic carbocycles. The number of hydrogen-bond acceptors (Lipinski definition) is 7. The van der Waals surface area contributed by atoms with Gasteiger partial charge in [-0.3, -0.25) is 0 Å². The van der Waals surface area contributed by atoms with Gasteiger partial charge in [-0.2, -0.15) is 5.10 Å². The summed E-state index contributed by atoms with van der Waals surface area (Å²) in [6, 6.07) is 7.51. The van der Waals surface area contributed by atoms with Crippen molar-refractivity contribution in [3.8, 4) is 5.82 Å². The third kappa shape index (κ3) is 2.48. The number of fused-ring (bicyclic) bond motifs is 1. The Kier molecular flexibility index (Phi) is 3.38. The molecule has 130 valence electrons. The lowest BCUT2D eigenvalue weighted by molar-refractivity contribution is 0.482. The zero-order chi connectivity index (χ0) is 17.8. The lowest BCUT2D eigenvalue weighted by atomic mass is 10.0. The van der Waals surface area contributed by atoms with Crippen LogP contribution >= 0.6 is 11.3 Å². The highest BCUT2D eigenvalue weighted by atomic mass is 32.2. The summed E-state index contributed by atoms with van der Waals surface area (Å²) >= 11 is 1.47. The van der Waals surface area contributed by atoms with Crippen molar-refractivity contribution in [2.45, 2.75) is 12.5 Å². The van der Waals surface area contributed by atoms with E-state index in [9.17, 15) is 8.42 Å². The molecule has 0 spiro atoms. The predicted octanol–water partition coefficient (Wildman–Crippen LogP) is 1.29. The van der Waals surface area contributed by atoms with E-state index in [1.807, 2.05) is 24.3 Å². The molecule has 0 amide bonds. The fourth-order valence-corrected chi connectivity index (χ4v) is 5.47. The van der Waals surface area contributed by atoms with Gasteiger partial charge < -0.3 is 5.73 Å². The summed E-state index contributed by atoms with van der Waals surface area (Å²) in [4.78, 5) is 9.58. The molecule has 3 aromatic heterocycles. The second-order valence-corrected chi connectivity index (χ2v) is 9.16. The van der Waals surface area contributed by atoms with Gasteiger partial charge in [-0.1, -0.05) is 6.07 Å². The summed E-state index contributed by atoms with van der Waals surface area (Å²) < 4.78 is 28.4. The van der Waals surface area contributed by atoms with Crippen LogP contribution in [0.5, 0.6) is 0 Å². The molecular weight excluding hydrogens is 360 g/mol. The van der Waals surface area contributed by atoms with Crippen LogP contribution in [0.2, 0.25) is 0 Å². The number of pyridine rings is 1. The number of hydrogen-bond donors (Lipinski definition) is 1. The van der Waals surface area contributed by atoms with E-state index in [1.165, 1.54) is 18.4 Å². The largest absolute Gasteiger partial charge is 0.369 e. The predicted molar refractivity (Wildman–Crippen MR) is 97.3 cm³/mol. The molecule has 3 aromatic rings. The Labute approximate surface area is 148 Å². The maximum Gasteiger partial charge on any atom is 0.239 e. The van der Waals surface area contributed by atoms with Gasteiger partial charge in [0.2, 0.25) is 16.0 Å². The summed E-state index contributed by atoms with van der Waals surface area (Å²) in [6.45, 7) is 1.79. The van der Waals surface area contributed by atoms with Crippen molar-refractivity contribution in [2.75, 3.05) is 12.8 Å². The highest BCUT2D eigenvalue weighted by Gasteiger charge is 2.41. The number of nitrogens with zero attached hydrogens (tertiary/aromatic N) is 5. The lowest BCUT2D eigenvalue weighted by Gasteiger charge is -2.33. The molecule has 0 saturated carbocycles. The maximum absolute atomic E-state index is 12.4. The van der Waals surface area contributed by atoms with E-state index in [0.717, 1.165) is 19.4 Å². The molecule has 8 nitrogen and oxygen atoms in total. The molecule has 1 aliphatic heterocycles. The number of aromatic nitrogens is 3. The van der Waals surface area contributed by atoms with E-state index in [-0.39, 0.29) is 11.7 Å². The van der Waals surface area contributed by atoms with Crippen molar-refractivity contribution in [1.29, 1.82) is 0 Å². The van der Waals surface area contributed by atoms with Gasteiger partial charge in [0.1, 0.15) is 5.54 Å². The van der Waals surface area contributed by atoms with Crippen LogP contribution in [-0.2, 0) is 15.6 Å². The molecule has 0 radical (unpaired) electrons. The zero-order valence-corrected chi connectivity index (χ0v) is 15.3. The Morgan fingerprint density at radius 2 is 2.16 bits per heavy atom. The van der Waals surface area contributed by atoms with Gasteiger partial charge in [0.15, 0.2) is 5.82 Å². The standard InChI is InChI=1S/C15H16N6O2S2/c1-15(9-25(22,23)20(2)14(16)19-15)12-7-10-11(24-12)8-18-21(10)13-5-3-4-6-17-13/h3-8H,9H2,1-2H3,(H2,16,19)/t15-/m0/s1. The summed E-state index contributed by atoms with van der Waals surface area (Å²) in [5.74, 6) is 0.570. The van der Waals surface area contributed by atoms with Crippen LogP contribution < -0.4 is 5.73 Å². The molecule has 0 aliphatic carbocycles. The Balaban J connectivity index is 1.85. The molecule has 25 heavy (non-hydrogen) atoms. The monoisotopic (exact) mass is 376 g/mol. The molecule has 0 unspecified atom stereocenters. The van der Waals surface area contributed by atoms with Crippen LogP contribution in [0.15, 0.2) is 41.7 Å². The number of thiophene rings is 1. The highest BCUT2D eigenvalue weighted by molar-refractivity contribution is 7.89. The molecule has 0 fully saturated rings.